The number of halogens is 2. The predicted molar refractivity (Wildman–Crippen MR) is 84.5 cm³/mol. The number of nitrogens with zero attached hydrogens (tertiary/aromatic N) is 1. The second-order valence-corrected chi connectivity index (χ2v) is 6.28. The van der Waals surface area contributed by atoms with E-state index in [-0.39, 0.29) is 5.56 Å². The molecule has 1 aliphatic rings. The van der Waals surface area contributed by atoms with Crippen LogP contribution in [0.25, 0.3) is 10.9 Å². The van der Waals surface area contributed by atoms with Gasteiger partial charge in [0.15, 0.2) is 0 Å². The van der Waals surface area contributed by atoms with Crippen LogP contribution in [0.1, 0.15) is 54.1 Å². The lowest BCUT2D eigenvalue weighted by Gasteiger charge is -2.22. The number of hydrogen-bond donors (Lipinski definition) is 1. The van der Waals surface area contributed by atoms with Crippen LogP contribution in [0, 0.1) is 0 Å². The highest BCUT2D eigenvalue weighted by Gasteiger charge is 2.21. The summed E-state index contributed by atoms with van der Waals surface area (Å²) in [7, 11) is 0. The van der Waals surface area contributed by atoms with E-state index in [4.69, 9.17) is 23.2 Å². The molecule has 1 fully saturated rings. The molecular weight excluding hydrogens is 309 g/mol. The third-order valence-corrected chi connectivity index (χ3v) is 4.94. The molecule has 1 aromatic heterocycles. The standard InChI is InChI=1S/C16H15Cl2NO2/c17-12-7-6-10-11(16(20)21)8-13(19-15(10)14(12)18)9-4-2-1-3-5-9/h6-9H,1-5H2,(H,20,21). The van der Waals surface area contributed by atoms with Crippen LogP contribution in [-0.2, 0) is 0 Å². The van der Waals surface area contributed by atoms with E-state index in [0.717, 1.165) is 31.4 Å². The summed E-state index contributed by atoms with van der Waals surface area (Å²) in [5.41, 5.74) is 1.56. The topological polar surface area (TPSA) is 50.2 Å². The van der Waals surface area contributed by atoms with E-state index in [1.165, 1.54) is 6.42 Å². The molecule has 0 radical (unpaired) electrons. The SMILES string of the molecule is O=C(O)c1cc(C2CCCCC2)nc2c(Cl)c(Cl)ccc12. The molecule has 0 bridgehead atoms. The summed E-state index contributed by atoms with van der Waals surface area (Å²) in [6.07, 6.45) is 5.67. The Kier molecular flexibility index (Phi) is 4.05. The second-order valence-electron chi connectivity index (χ2n) is 5.49. The van der Waals surface area contributed by atoms with Crippen molar-refractivity contribution in [2.24, 2.45) is 0 Å². The molecule has 110 valence electrons. The fraction of sp³-hybridized carbons (Fsp3) is 0.375. The van der Waals surface area contributed by atoms with Crippen molar-refractivity contribution in [1.82, 2.24) is 4.98 Å². The van der Waals surface area contributed by atoms with E-state index < -0.39 is 5.97 Å². The summed E-state index contributed by atoms with van der Waals surface area (Å²) in [6.45, 7) is 0. The molecule has 5 heteroatoms. The Balaban J connectivity index is 2.22. The maximum atomic E-state index is 11.5. The van der Waals surface area contributed by atoms with Gasteiger partial charge in [-0.15, -0.1) is 0 Å². The van der Waals surface area contributed by atoms with Crippen LogP contribution in [0.2, 0.25) is 10.0 Å². The van der Waals surface area contributed by atoms with Gasteiger partial charge in [0.2, 0.25) is 0 Å². The molecule has 1 heterocycles. The summed E-state index contributed by atoms with van der Waals surface area (Å²) in [5.74, 6) is -0.644. The number of carbonyl (C=O) groups is 1. The van der Waals surface area contributed by atoms with Gasteiger partial charge in [-0.2, -0.15) is 0 Å². The van der Waals surface area contributed by atoms with Gasteiger partial charge in [0.25, 0.3) is 0 Å². The third kappa shape index (κ3) is 2.72. The van der Waals surface area contributed by atoms with E-state index in [9.17, 15) is 9.90 Å². The average molecular weight is 324 g/mol. The molecule has 0 aliphatic heterocycles. The maximum absolute atomic E-state index is 11.5. The van der Waals surface area contributed by atoms with Crippen LogP contribution in [0.15, 0.2) is 18.2 Å². The number of rotatable bonds is 2. The third-order valence-electron chi connectivity index (χ3n) is 4.15. The van der Waals surface area contributed by atoms with Crippen molar-refractivity contribution in [2.45, 2.75) is 38.0 Å². The van der Waals surface area contributed by atoms with E-state index in [0.29, 0.717) is 26.9 Å². The Morgan fingerprint density at radius 1 is 1.19 bits per heavy atom. The van der Waals surface area contributed by atoms with Gasteiger partial charge in [-0.3, -0.25) is 4.98 Å². The highest BCUT2D eigenvalue weighted by Crippen LogP contribution is 2.36. The number of hydrogen-bond acceptors (Lipinski definition) is 2. The first-order valence-corrected chi connectivity index (χ1v) is 7.85. The minimum absolute atomic E-state index is 0.249. The molecule has 3 rings (SSSR count). The monoisotopic (exact) mass is 323 g/mol. The van der Waals surface area contributed by atoms with Crippen LogP contribution in [-0.4, -0.2) is 16.1 Å². The number of fused-ring (bicyclic) bond motifs is 1. The van der Waals surface area contributed by atoms with Crippen LogP contribution in [0.3, 0.4) is 0 Å². The quantitative estimate of drug-likeness (QED) is 0.817. The van der Waals surface area contributed by atoms with Gasteiger partial charge in [0, 0.05) is 17.0 Å². The minimum atomic E-state index is -0.960. The van der Waals surface area contributed by atoms with Crippen molar-refractivity contribution < 1.29 is 9.90 Å². The fourth-order valence-electron chi connectivity index (χ4n) is 3.04. The largest absolute Gasteiger partial charge is 0.478 e. The van der Waals surface area contributed by atoms with Crippen LogP contribution in [0.5, 0.6) is 0 Å². The van der Waals surface area contributed by atoms with Crippen molar-refractivity contribution in [3.63, 3.8) is 0 Å². The second kappa shape index (κ2) is 5.82. The van der Waals surface area contributed by atoms with Gasteiger partial charge in [-0.25, -0.2) is 4.79 Å². The van der Waals surface area contributed by atoms with Crippen LogP contribution >= 0.6 is 23.2 Å². The van der Waals surface area contributed by atoms with Crippen molar-refractivity contribution in [1.29, 1.82) is 0 Å². The van der Waals surface area contributed by atoms with Crippen molar-refractivity contribution in [2.75, 3.05) is 0 Å². The van der Waals surface area contributed by atoms with Gasteiger partial charge in [-0.05, 0) is 25.0 Å². The summed E-state index contributed by atoms with van der Waals surface area (Å²) in [4.78, 5) is 16.2. The predicted octanol–water partition coefficient (Wildman–Crippen LogP) is 5.29. The average Bonchev–Trinajstić information content (AvgIpc) is 2.51. The van der Waals surface area contributed by atoms with E-state index in [2.05, 4.69) is 4.98 Å². The molecule has 21 heavy (non-hydrogen) atoms. The smallest absolute Gasteiger partial charge is 0.336 e. The van der Waals surface area contributed by atoms with E-state index in [1.54, 1.807) is 18.2 Å². The van der Waals surface area contributed by atoms with Gasteiger partial charge in [0.05, 0.1) is 21.1 Å². The zero-order chi connectivity index (χ0) is 15.0. The zero-order valence-electron chi connectivity index (χ0n) is 11.4. The first-order chi connectivity index (χ1) is 10.1. The van der Waals surface area contributed by atoms with E-state index >= 15 is 0 Å². The number of aromatic carboxylic acids is 1. The summed E-state index contributed by atoms with van der Waals surface area (Å²) < 4.78 is 0. The summed E-state index contributed by atoms with van der Waals surface area (Å²) in [5, 5.41) is 10.7. The molecule has 0 saturated heterocycles. The Bertz CT molecular complexity index is 709. The molecule has 0 atom stereocenters. The number of carboxylic acid groups (broad SMARTS) is 1. The fourth-order valence-corrected chi connectivity index (χ4v) is 3.40. The van der Waals surface area contributed by atoms with Crippen LogP contribution in [0.4, 0.5) is 0 Å². The lowest BCUT2D eigenvalue weighted by atomic mass is 9.86. The molecule has 1 aliphatic carbocycles. The van der Waals surface area contributed by atoms with Crippen molar-refractivity contribution >= 4 is 40.1 Å². The number of benzene rings is 1. The molecule has 0 spiro atoms. The molecule has 1 N–H and O–H groups in total. The molecule has 3 nitrogen and oxygen atoms in total. The normalized spacial score (nSPS) is 16.3. The number of aromatic nitrogens is 1. The first kappa shape index (κ1) is 14.6. The Morgan fingerprint density at radius 3 is 2.57 bits per heavy atom. The molecule has 1 aromatic carbocycles. The Labute approximate surface area is 132 Å². The molecule has 2 aromatic rings. The van der Waals surface area contributed by atoms with Crippen molar-refractivity contribution in [3.05, 3.63) is 39.5 Å². The first-order valence-electron chi connectivity index (χ1n) is 7.10. The molecular formula is C16H15Cl2NO2. The van der Waals surface area contributed by atoms with Crippen LogP contribution < -0.4 is 0 Å². The lowest BCUT2D eigenvalue weighted by molar-refractivity contribution is 0.0699. The molecule has 0 unspecified atom stereocenters. The Hall–Kier alpha value is -1.32. The Morgan fingerprint density at radius 2 is 1.90 bits per heavy atom. The molecule has 0 amide bonds. The van der Waals surface area contributed by atoms with Gasteiger partial charge < -0.3 is 5.11 Å². The van der Waals surface area contributed by atoms with Crippen molar-refractivity contribution in [3.8, 4) is 0 Å². The maximum Gasteiger partial charge on any atom is 0.336 e. The van der Waals surface area contributed by atoms with E-state index in [1.807, 2.05) is 0 Å². The number of carboxylic acids is 1. The molecule has 1 saturated carbocycles. The highest BCUT2D eigenvalue weighted by molar-refractivity contribution is 6.45. The van der Waals surface area contributed by atoms with Gasteiger partial charge >= 0.3 is 5.97 Å². The van der Waals surface area contributed by atoms with Gasteiger partial charge in [0.1, 0.15) is 0 Å². The summed E-state index contributed by atoms with van der Waals surface area (Å²) >= 11 is 12.3. The highest BCUT2D eigenvalue weighted by atomic mass is 35.5. The zero-order valence-corrected chi connectivity index (χ0v) is 12.9. The lowest BCUT2D eigenvalue weighted by Crippen LogP contribution is -2.09. The minimum Gasteiger partial charge on any atom is -0.478 e. The summed E-state index contributed by atoms with van der Waals surface area (Å²) in [6, 6.07) is 4.98. The van der Waals surface area contributed by atoms with Gasteiger partial charge in [-0.1, -0.05) is 48.5 Å². The number of pyridine rings is 1.